The van der Waals surface area contributed by atoms with Crippen LogP contribution in [-0.4, -0.2) is 30.3 Å². The highest BCUT2D eigenvalue weighted by molar-refractivity contribution is 5.95. The number of amides is 2. The smallest absolute Gasteiger partial charge is 0.243 e. The van der Waals surface area contributed by atoms with Crippen LogP contribution in [0.4, 0.5) is 5.69 Å². The van der Waals surface area contributed by atoms with Crippen LogP contribution in [0.1, 0.15) is 34.6 Å². The summed E-state index contributed by atoms with van der Waals surface area (Å²) in [5.74, 6) is -0.312. The molecule has 0 aliphatic heterocycles. The molecular weight excluding hydrogens is 372 g/mol. The zero-order valence-electron chi connectivity index (χ0n) is 17.8. The molecule has 0 atom stereocenters. The first-order chi connectivity index (χ1) is 14.5. The first kappa shape index (κ1) is 21.3. The van der Waals surface area contributed by atoms with E-state index in [9.17, 15) is 9.59 Å². The van der Waals surface area contributed by atoms with Gasteiger partial charge in [-0.3, -0.25) is 9.59 Å². The van der Waals surface area contributed by atoms with E-state index in [2.05, 4.69) is 5.32 Å². The number of nitrogens with one attached hydrogen (secondary N) is 1. The molecule has 0 saturated heterocycles. The fraction of sp³-hybridized carbons (Fsp3) is 0.231. The van der Waals surface area contributed by atoms with Gasteiger partial charge in [-0.1, -0.05) is 78.9 Å². The van der Waals surface area contributed by atoms with E-state index < -0.39 is 0 Å². The fourth-order valence-corrected chi connectivity index (χ4v) is 3.62. The lowest BCUT2D eigenvalue weighted by molar-refractivity contribution is -0.133. The SMILES string of the molecule is Cc1cccc(C)c1NC(=O)CN(C)C(=O)CC(c1ccccc1)c1ccccc1. The quantitative estimate of drug-likeness (QED) is 0.612. The van der Waals surface area contributed by atoms with E-state index >= 15 is 0 Å². The molecule has 0 spiro atoms. The normalized spacial score (nSPS) is 10.7. The Bertz CT molecular complexity index is 940. The van der Waals surface area contributed by atoms with Crippen LogP contribution in [0.2, 0.25) is 0 Å². The number of anilines is 1. The van der Waals surface area contributed by atoms with Crippen molar-refractivity contribution in [1.82, 2.24) is 4.90 Å². The minimum Gasteiger partial charge on any atom is -0.336 e. The molecular formula is C26H28N2O2. The molecule has 0 fully saturated rings. The van der Waals surface area contributed by atoms with Crippen molar-refractivity contribution in [2.24, 2.45) is 0 Å². The highest BCUT2D eigenvalue weighted by Gasteiger charge is 2.21. The van der Waals surface area contributed by atoms with E-state index in [-0.39, 0.29) is 24.3 Å². The Morgan fingerprint density at radius 2 is 1.30 bits per heavy atom. The van der Waals surface area contributed by atoms with Crippen molar-refractivity contribution >= 4 is 17.5 Å². The van der Waals surface area contributed by atoms with Crippen molar-refractivity contribution < 1.29 is 9.59 Å². The van der Waals surface area contributed by atoms with Gasteiger partial charge in [0.1, 0.15) is 0 Å². The summed E-state index contributed by atoms with van der Waals surface area (Å²) in [5.41, 5.74) is 5.00. The molecule has 4 heteroatoms. The lowest BCUT2D eigenvalue weighted by Gasteiger charge is -2.22. The predicted octanol–water partition coefficient (Wildman–Crippen LogP) is 4.92. The number of nitrogens with zero attached hydrogens (tertiary/aromatic N) is 1. The first-order valence-electron chi connectivity index (χ1n) is 10.2. The van der Waals surface area contributed by atoms with Crippen molar-refractivity contribution in [3.05, 3.63) is 101 Å². The Kier molecular flexibility index (Phi) is 7.02. The van der Waals surface area contributed by atoms with E-state index in [1.54, 1.807) is 7.05 Å². The van der Waals surface area contributed by atoms with Crippen LogP contribution < -0.4 is 5.32 Å². The zero-order valence-corrected chi connectivity index (χ0v) is 17.8. The molecule has 30 heavy (non-hydrogen) atoms. The van der Waals surface area contributed by atoms with E-state index in [0.29, 0.717) is 6.42 Å². The summed E-state index contributed by atoms with van der Waals surface area (Å²) in [6.07, 6.45) is 0.307. The number of likely N-dealkylation sites (N-methyl/N-ethyl adjacent to an activating group) is 1. The summed E-state index contributed by atoms with van der Waals surface area (Å²) in [6.45, 7) is 3.94. The van der Waals surface area contributed by atoms with Gasteiger partial charge in [0.05, 0.1) is 6.54 Å². The van der Waals surface area contributed by atoms with Gasteiger partial charge in [-0.15, -0.1) is 0 Å². The molecule has 3 rings (SSSR count). The number of carbonyl (C=O) groups is 2. The number of benzene rings is 3. The lowest BCUT2D eigenvalue weighted by Crippen LogP contribution is -2.35. The molecule has 3 aromatic carbocycles. The highest BCUT2D eigenvalue weighted by Crippen LogP contribution is 2.28. The van der Waals surface area contributed by atoms with E-state index in [1.807, 2.05) is 92.7 Å². The van der Waals surface area contributed by atoms with Gasteiger partial charge in [-0.2, -0.15) is 0 Å². The molecule has 0 unspecified atom stereocenters. The molecule has 1 N–H and O–H groups in total. The number of aryl methyl sites for hydroxylation is 2. The van der Waals surface area contributed by atoms with Crippen LogP contribution in [0, 0.1) is 13.8 Å². The average molecular weight is 401 g/mol. The van der Waals surface area contributed by atoms with E-state index in [4.69, 9.17) is 0 Å². The molecule has 0 radical (unpaired) electrons. The van der Waals surface area contributed by atoms with Gasteiger partial charge in [0.25, 0.3) is 0 Å². The molecule has 0 heterocycles. The molecule has 0 aromatic heterocycles. The third-order valence-corrected chi connectivity index (χ3v) is 5.33. The first-order valence-corrected chi connectivity index (χ1v) is 10.2. The molecule has 0 aliphatic carbocycles. The number of para-hydroxylation sites is 1. The van der Waals surface area contributed by atoms with Crippen molar-refractivity contribution in [2.45, 2.75) is 26.2 Å². The Labute approximate surface area is 178 Å². The average Bonchev–Trinajstić information content (AvgIpc) is 2.75. The summed E-state index contributed by atoms with van der Waals surface area (Å²) in [6, 6.07) is 25.9. The summed E-state index contributed by atoms with van der Waals surface area (Å²) in [7, 11) is 1.68. The Hall–Kier alpha value is -3.40. The van der Waals surface area contributed by atoms with Crippen LogP contribution in [-0.2, 0) is 9.59 Å². The molecule has 0 aliphatic rings. The number of hydrogen-bond acceptors (Lipinski definition) is 2. The highest BCUT2D eigenvalue weighted by atomic mass is 16.2. The number of hydrogen-bond donors (Lipinski definition) is 1. The van der Waals surface area contributed by atoms with Crippen LogP contribution in [0.3, 0.4) is 0 Å². The largest absolute Gasteiger partial charge is 0.336 e. The van der Waals surface area contributed by atoms with Crippen molar-refractivity contribution in [1.29, 1.82) is 0 Å². The maximum atomic E-state index is 13.0. The zero-order chi connectivity index (χ0) is 21.5. The topological polar surface area (TPSA) is 49.4 Å². The lowest BCUT2D eigenvalue weighted by atomic mass is 9.88. The maximum absolute atomic E-state index is 13.0. The monoisotopic (exact) mass is 400 g/mol. The minimum atomic E-state index is -0.195. The summed E-state index contributed by atoms with van der Waals surface area (Å²) >= 11 is 0. The second kappa shape index (κ2) is 9.88. The molecule has 3 aromatic rings. The van der Waals surface area contributed by atoms with Crippen LogP contribution in [0.15, 0.2) is 78.9 Å². The van der Waals surface area contributed by atoms with Gasteiger partial charge in [0, 0.05) is 25.1 Å². The van der Waals surface area contributed by atoms with Gasteiger partial charge < -0.3 is 10.2 Å². The third kappa shape index (κ3) is 5.35. The Morgan fingerprint density at radius 3 is 1.80 bits per heavy atom. The van der Waals surface area contributed by atoms with Gasteiger partial charge in [-0.25, -0.2) is 0 Å². The van der Waals surface area contributed by atoms with Gasteiger partial charge >= 0.3 is 0 Å². The van der Waals surface area contributed by atoms with Crippen LogP contribution in [0.25, 0.3) is 0 Å². The molecule has 0 saturated carbocycles. The number of rotatable bonds is 7. The van der Waals surface area contributed by atoms with E-state index in [0.717, 1.165) is 27.9 Å². The Morgan fingerprint density at radius 1 is 0.800 bits per heavy atom. The van der Waals surface area contributed by atoms with E-state index in [1.165, 1.54) is 4.90 Å². The summed E-state index contributed by atoms with van der Waals surface area (Å²) < 4.78 is 0. The predicted molar refractivity (Wildman–Crippen MR) is 122 cm³/mol. The maximum Gasteiger partial charge on any atom is 0.243 e. The summed E-state index contributed by atoms with van der Waals surface area (Å²) in [4.78, 5) is 27.0. The second-order valence-corrected chi connectivity index (χ2v) is 7.64. The summed E-state index contributed by atoms with van der Waals surface area (Å²) in [5, 5.41) is 2.95. The second-order valence-electron chi connectivity index (χ2n) is 7.64. The van der Waals surface area contributed by atoms with Crippen molar-refractivity contribution in [2.75, 3.05) is 18.9 Å². The van der Waals surface area contributed by atoms with Gasteiger partial charge in [-0.05, 0) is 36.1 Å². The van der Waals surface area contributed by atoms with Gasteiger partial charge in [0.15, 0.2) is 0 Å². The molecule has 154 valence electrons. The molecule has 0 bridgehead atoms. The van der Waals surface area contributed by atoms with Crippen molar-refractivity contribution in [3.8, 4) is 0 Å². The molecule has 4 nitrogen and oxygen atoms in total. The minimum absolute atomic E-state index is 0.0168. The third-order valence-electron chi connectivity index (χ3n) is 5.33. The number of carbonyl (C=O) groups excluding carboxylic acids is 2. The van der Waals surface area contributed by atoms with Crippen molar-refractivity contribution in [3.63, 3.8) is 0 Å². The molecule has 2 amide bonds. The van der Waals surface area contributed by atoms with Gasteiger partial charge in [0.2, 0.25) is 11.8 Å². The fourth-order valence-electron chi connectivity index (χ4n) is 3.62. The van der Waals surface area contributed by atoms with Crippen LogP contribution >= 0.6 is 0 Å². The Balaban J connectivity index is 1.69. The standard InChI is InChI=1S/C26H28N2O2/c1-19-11-10-12-20(2)26(19)27-24(29)18-28(3)25(30)17-23(21-13-6-4-7-14-21)22-15-8-5-9-16-22/h4-16,23H,17-18H2,1-3H3,(H,27,29). The van der Waals surface area contributed by atoms with Crippen LogP contribution in [0.5, 0.6) is 0 Å².